The number of nitrogens with one attached hydrogen (secondary N) is 2. The summed E-state index contributed by atoms with van der Waals surface area (Å²) in [6.07, 6.45) is 11.9. The molecule has 0 bridgehead atoms. The molecule has 0 aliphatic heterocycles. The highest BCUT2D eigenvalue weighted by atomic mass is 127. The highest BCUT2D eigenvalue weighted by Gasteiger charge is 2.18. The molecular weight excluding hydrogens is 399 g/mol. The molecule has 138 valence electrons. The molecular formula is C18H39IN4. The summed E-state index contributed by atoms with van der Waals surface area (Å²) in [6.45, 7) is 4.62. The second-order valence-electron chi connectivity index (χ2n) is 7.17. The van der Waals surface area contributed by atoms with Crippen molar-refractivity contribution in [2.45, 2.75) is 70.8 Å². The van der Waals surface area contributed by atoms with Crippen LogP contribution in [0.3, 0.4) is 0 Å². The topological polar surface area (TPSA) is 39.7 Å². The van der Waals surface area contributed by atoms with Gasteiger partial charge in [-0.2, -0.15) is 0 Å². The number of nitrogens with zero attached hydrogens (tertiary/aromatic N) is 2. The van der Waals surface area contributed by atoms with E-state index in [4.69, 9.17) is 0 Å². The fourth-order valence-corrected chi connectivity index (χ4v) is 3.08. The number of hydrogen-bond acceptors (Lipinski definition) is 2. The SMILES string of the molecule is CN=C(NCCCCCCCN(C)C)NC1CCC(C)CC1.I. The molecule has 0 amide bonds. The Labute approximate surface area is 161 Å². The Balaban J connectivity index is 0.00000484. The number of hydrogen-bond donors (Lipinski definition) is 2. The van der Waals surface area contributed by atoms with Gasteiger partial charge in [0.2, 0.25) is 0 Å². The van der Waals surface area contributed by atoms with Crippen molar-refractivity contribution in [3.8, 4) is 0 Å². The van der Waals surface area contributed by atoms with E-state index in [1.54, 1.807) is 0 Å². The first-order valence-electron chi connectivity index (χ1n) is 9.23. The first-order chi connectivity index (χ1) is 10.6. The second kappa shape index (κ2) is 14.3. The maximum Gasteiger partial charge on any atom is 0.191 e. The lowest BCUT2D eigenvalue weighted by Crippen LogP contribution is -2.44. The number of rotatable bonds is 9. The smallest absolute Gasteiger partial charge is 0.191 e. The van der Waals surface area contributed by atoms with Crippen LogP contribution in [0.4, 0.5) is 0 Å². The van der Waals surface area contributed by atoms with Crippen LogP contribution in [0.2, 0.25) is 0 Å². The van der Waals surface area contributed by atoms with E-state index in [0.717, 1.165) is 18.4 Å². The molecule has 0 aromatic heterocycles. The molecule has 5 heteroatoms. The third-order valence-electron chi connectivity index (χ3n) is 4.65. The maximum atomic E-state index is 4.36. The van der Waals surface area contributed by atoms with Gasteiger partial charge in [-0.3, -0.25) is 4.99 Å². The van der Waals surface area contributed by atoms with E-state index >= 15 is 0 Å². The summed E-state index contributed by atoms with van der Waals surface area (Å²) in [4.78, 5) is 6.62. The fraction of sp³-hybridized carbons (Fsp3) is 0.944. The summed E-state index contributed by atoms with van der Waals surface area (Å²) in [6, 6.07) is 0.619. The summed E-state index contributed by atoms with van der Waals surface area (Å²) in [7, 11) is 6.17. The van der Waals surface area contributed by atoms with Gasteiger partial charge in [-0.25, -0.2) is 0 Å². The van der Waals surface area contributed by atoms with Gasteiger partial charge in [-0.1, -0.05) is 26.2 Å². The minimum absolute atomic E-state index is 0. The Bertz CT molecular complexity index is 299. The van der Waals surface area contributed by atoms with Crippen LogP contribution in [-0.2, 0) is 0 Å². The van der Waals surface area contributed by atoms with Gasteiger partial charge in [0.1, 0.15) is 0 Å². The van der Waals surface area contributed by atoms with E-state index in [1.165, 1.54) is 64.3 Å². The Kier molecular flexibility index (Phi) is 14.3. The third kappa shape index (κ3) is 12.0. The minimum Gasteiger partial charge on any atom is -0.356 e. The van der Waals surface area contributed by atoms with E-state index in [1.807, 2.05) is 7.05 Å². The van der Waals surface area contributed by atoms with Crippen LogP contribution >= 0.6 is 24.0 Å². The normalized spacial score (nSPS) is 21.9. The predicted octanol–water partition coefficient (Wildman–Crippen LogP) is 3.86. The lowest BCUT2D eigenvalue weighted by molar-refractivity contribution is 0.329. The minimum atomic E-state index is 0. The van der Waals surface area contributed by atoms with Gasteiger partial charge >= 0.3 is 0 Å². The van der Waals surface area contributed by atoms with Crippen molar-refractivity contribution in [1.82, 2.24) is 15.5 Å². The van der Waals surface area contributed by atoms with Crippen molar-refractivity contribution in [3.05, 3.63) is 0 Å². The Hall–Kier alpha value is -0.0400. The van der Waals surface area contributed by atoms with Gasteiger partial charge in [0, 0.05) is 19.6 Å². The molecule has 1 saturated carbocycles. The van der Waals surface area contributed by atoms with Crippen LogP contribution in [0.25, 0.3) is 0 Å². The summed E-state index contributed by atoms with van der Waals surface area (Å²) in [5.41, 5.74) is 0. The Morgan fingerprint density at radius 3 is 2.22 bits per heavy atom. The molecule has 0 aromatic rings. The van der Waals surface area contributed by atoms with E-state index in [2.05, 4.69) is 41.5 Å². The van der Waals surface area contributed by atoms with Crippen LogP contribution in [-0.4, -0.2) is 51.1 Å². The zero-order chi connectivity index (χ0) is 16.2. The number of guanidine groups is 1. The van der Waals surface area contributed by atoms with Crippen molar-refractivity contribution >= 4 is 29.9 Å². The van der Waals surface area contributed by atoms with Crippen LogP contribution < -0.4 is 10.6 Å². The molecule has 4 nitrogen and oxygen atoms in total. The number of unbranched alkanes of at least 4 members (excludes halogenated alkanes) is 4. The molecule has 1 rings (SSSR count). The monoisotopic (exact) mass is 438 g/mol. The molecule has 1 aliphatic rings. The van der Waals surface area contributed by atoms with Crippen molar-refractivity contribution in [3.63, 3.8) is 0 Å². The van der Waals surface area contributed by atoms with Crippen LogP contribution in [0, 0.1) is 5.92 Å². The van der Waals surface area contributed by atoms with Crippen LogP contribution in [0.1, 0.15) is 64.7 Å². The number of halogens is 1. The standard InChI is InChI=1S/C18H38N4.HI/c1-16-10-12-17(13-11-16)21-18(19-2)20-14-8-6-5-7-9-15-22(3)4;/h16-17H,5-15H2,1-4H3,(H2,19,20,21);1H. The van der Waals surface area contributed by atoms with Gasteiger partial charge in [-0.05, 0) is 65.1 Å². The molecule has 0 spiro atoms. The molecule has 0 aromatic carbocycles. The van der Waals surface area contributed by atoms with Gasteiger partial charge in [0.15, 0.2) is 5.96 Å². The summed E-state index contributed by atoms with van der Waals surface area (Å²) >= 11 is 0. The van der Waals surface area contributed by atoms with Crippen molar-refractivity contribution < 1.29 is 0 Å². The summed E-state index contributed by atoms with van der Waals surface area (Å²) < 4.78 is 0. The maximum absolute atomic E-state index is 4.36. The van der Waals surface area contributed by atoms with E-state index in [-0.39, 0.29) is 24.0 Å². The second-order valence-corrected chi connectivity index (χ2v) is 7.17. The molecule has 0 unspecified atom stereocenters. The van der Waals surface area contributed by atoms with Gasteiger partial charge in [-0.15, -0.1) is 24.0 Å². The average molecular weight is 438 g/mol. The molecule has 0 radical (unpaired) electrons. The summed E-state index contributed by atoms with van der Waals surface area (Å²) in [5, 5.41) is 7.05. The van der Waals surface area contributed by atoms with E-state index in [9.17, 15) is 0 Å². The predicted molar refractivity (Wildman–Crippen MR) is 113 cm³/mol. The molecule has 23 heavy (non-hydrogen) atoms. The van der Waals surface area contributed by atoms with E-state index in [0.29, 0.717) is 6.04 Å². The third-order valence-corrected chi connectivity index (χ3v) is 4.65. The van der Waals surface area contributed by atoms with Gasteiger partial charge in [0.25, 0.3) is 0 Å². The Morgan fingerprint density at radius 1 is 1.00 bits per heavy atom. The van der Waals surface area contributed by atoms with Gasteiger partial charge in [0.05, 0.1) is 0 Å². The molecule has 0 saturated heterocycles. The van der Waals surface area contributed by atoms with E-state index < -0.39 is 0 Å². The first-order valence-corrected chi connectivity index (χ1v) is 9.23. The number of aliphatic imine (C=N–C) groups is 1. The van der Waals surface area contributed by atoms with Crippen molar-refractivity contribution in [2.75, 3.05) is 34.2 Å². The molecule has 1 aliphatic carbocycles. The van der Waals surface area contributed by atoms with Crippen molar-refractivity contribution in [2.24, 2.45) is 10.9 Å². The largest absolute Gasteiger partial charge is 0.356 e. The lowest BCUT2D eigenvalue weighted by atomic mass is 9.87. The van der Waals surface area contributed by atoms with Gasteiger partial charge < -0.3 is 15.5 Å². The lowest BCUT2D eigenvalue weighted by Gasteiger charge is -2.28. The quantitative estimate of drug-likeness (QED) is 0.249. The molecule has 2 N–H and O–H groups in total. The highest BCUT2D eigenvalue weighted by Crippen LogP contribution is 2.23. The zero-order valence-electron chi connectivity index (χ0n) is 15.7. The molecule has 1 fully saturated rings. The van der Waals surface area contributed by atoms with Crippen LogP contribution in [0.15, 0.2) is 4.99 Å². The summed E-state index contributed by atoms with van der Waals surface area (Å²) in [5.74, 6) is 1.90. The van der Waals surface area contributed by atoms with Crippen LogP contribution in [0.5, 0.6) is 0 Å². The highest BCUT2D eigenvalue weighted by molar-refractivity contribution is 14.0. The molecule has 0 heterocycles. The molecule has 0 atom stereocenters. The zero-order valence-corrected chi connectivity index (χ0v) is 18.1. The average Bonchev–Trinajstić information content (AvgIpc) is 2.50. The first kappa shape index (κ1) is 23.0. The fourth-order valence-electron chi connectivity index (χ4n) is 3.08. The Morgan fingerprint density at radius 2 is 1.61 bits per heavy atom. The van der Waals surface area contributed by atoms with Crippen molar-refractivity contribution in [1.29, 1.82) is 0 Å².